The lowest BCUT2D eigenvalue weighted by molar-refractivity contribution is -0.123. The Morgan fingerprint density at radius 2 is 2.00 bits per heavy atom. The molecule has 0 radical (unpaired) electrons. The molecule has 0 aromatic heterocycles. The molecule has 1 aromatic carbocycles. The normalized spacial score (nSPS) is 28.3. The predicted molar refractivity (Wildman–Crippen MR) is 55.6 cm³/mol. The van der Waals surface area contributed by atoms with Crippen LogP contribution < -0.4 is 5.32 Å². The maximum atomic E-state index is 11.9. The molecule has 15 heavy (non-hydrogen) atoms. The van der Waals surface area contributed by atoms with Gasteiger partial charge in [-0.25, -0.2) is 0 Å². The topological polar surface area (TPSA) is 46.2 Å². The third-order valence-electron chi connectivity index (χ3n) is 3.46. The number of rotatable bonds is 0. The van der Waals surface area contributed by atoms with E-state index in [9.17, 15) is 9.59 Å². The van der Waals surface area contributed by atoms with Gasteiger partial charge in [-0.15, -0.1) is 0 Å². The Kier molecular flexibility index (Phi) is 1.55. The highest BCUT2D eigenvalue weighted by Crippen LogP contribution is 2.47. The minimum atomic E-state index is -0.548. The van der Waals surface area contributed by atoms with Gasteiger partial charge in [0.05, 0.1) is 5.41 Å². The molecule has 3 nitrogen and oxygen atoms in total. The molecule has 1 N–H and O–H groups in total. The zero-order valence-electron chi connectivity index (χ0n) is 8.25. The number of para-hydroxylation sites is 1. The first-order valence-electron chi connectivity index (χ1n) is 5.15. The van der Waals surface area contributed by atoms with Crippen LogP contribution in [0.2, 0.25) is 0 Å². The number of fused-ring (bicyclic) bond motifs is 2. The zero-order chi connectivity index (χ0) is 10.5. The van der Waals surface area contributed by atoms with Crippen molar-refractivity contribution in [2.24, 2.45) is 0 Å². The Bertz CT molecular complexity index is 466. The van der Waals surface area contributed by atoms with Crippen LogP contribution in [0.25, 0.3) is 0 Å². The number of Topliss-reactive ketones (excluding diaryl/α,β-unsaturated/α-hetero) is 1. The van der Waals surface area contributed by atoms with Crippen molar-refractivity contribution in [2.75, 3.05) is 5.32 Å². The molecule has 3 rings (SSSR count). The van der Waals surface area contributed by atoms with Gasteiger partial charge >= 0.3 is 0 Å². The minimum Gasteiger partial charge on any atom is -0.325 e. The summed E-state index contributed by atoms with van der Waals surface area (Å²) in [5.41, 5.74) is 1.33. The Hall–Kier alpha value is -1.64. The van der Waals surface area contributed by atoms with Crippen molar-refractivity contribution in [3.8, 4) is 0 Å². The second-order valence-electron chi connectivity index (χ2n) is 4.30. The van der Waals surface area contributed by atoms with Crippen LogP contribution in [0, 0.1) is 0 Å². The van der Waals surface area contributed by atoms with E-state index in [1.165, 1.54) is 0 Å². The average molecular weight is 201 g/mol. The first-order valence-corrected chi connectivity index (χ1v) is 5.15. The summed E-state index contributed by atoms with van der Waals surface area (Å²) in [5.74, 6) is 0.191. The van der Waals surface area contributed by atoms with Crippen LogP contribution in [-0.2, 0) is 15.0 Å². The zero-order valence-corrected chi connectivity index (χ0v) is 8.25. The van der Waals surface area contributed by atoms with Crippen LogP contribution in [0.1, 0.15) is 24.8 Å². The lowest BCUT2D eigenvalue weighted by atomic mass is 9.80. The molecule has 0 saturated heterocycles. The highest BCUT2D eigenvalue weighted by molar-refractivity contribution is 6.10. The summed E-state index contributed by atoms with van der Waals surface area (Å²) in [5, 5.41) is 2.86. The van der Waals surface area contributed by atoms with E-state index in [-0.39, 0.29) is 11.7 Å². The Morgan fingerprint density at radius 1 is 1.20 bits per heavy atom. The molecule has 1 heterocycles. The molecule has 0 bridgehead atoms. The standard InChI is InChI=1S/C12H11NO2/c14-8-5-6-12(7-8)9-3-1-2-4-10(9)13-11(12)15/h1-4H,5-7H2,(H,13,15). The molecular formula is C12H11NO2. The highest BCUT2D eigenvalue weighted by atomic mass is 16.2. The largest absolute Gasteiger partial charge is 0.325 e. The maximum Gasteiger partial charge on any atom is 0.235 e. The monoisotopic (exact) mass is 201 g/mol. The van der Waals surface area contributed by atoms with E-state index in [0.717, 1.165) is 11.3 Å². The predicted octanol–water partition coefficient (Wildman–Crippen LogP) is 1.63. The van der Waals surface area contributed by atoms with Crippen LogP contribution in [-0.4, -0.2) is 11.7 Å². The first-order chi connectivity index (χ1) is 7.22. The average Bonchev–Trinajstić information content (AvgIpc) is 2.73. The molecule has 1 spiro atoms. The van der Waals surface area contributed by atoms with Gasteiger partial charge < -0.3 is 5.32 Å². The summed E-state index contributed by atoms with van der Waals surface area (Å²) in [6.45, 7) is 0. The van der Waals surface area contributed by atoms with Crippen molar-refractivity contribution in [1.29, 1.82) is 0 Å². The van der Waals surface area contributed by atoms with E-state index >= 15 is 0 Å². The first kappa shape index (κ1) is 8.65. The number of carbonyl (C=O) groups excluding carboxylic acids is 2. The number of benzene rings is 1. The number of anilines is 1. The maximum absolute atomic E-state index is 11.9. The fraction of sp³-hybridized carbons (Fsp3) is 0.333. The molecular weight excluding hydrogens is 190 g/mol. The quantitative estimate of drug-likeness (QED) is 0.693. The van der Waals surface area contributed by atoms with E-state index < -0.39 is 5.41 Å². The van der Waals surface area contributed by atoms with Gasteiger partial charge in [0.15, 0.2) is 0 Å². The van der Waals surface area contributed by atoms with Gasteiger partial charge in [-0.2, -0.15) is 0 Å². The summed E-state index contributed by atoms with van der Waals surface area (Å²) in [7, 11) is 0. The lowest BCUT2D eigenvalue weighted by Crippen LogP contribution is -2.31. The molecule has 1 unspecified atom stereocenters. The molecule has 1 aromatic rings. The van der Waals surface area contributed by atoms with E-state index in [1.807, 2.05) is 24.3 Å². The second-order valence-corrected chi connectivity index (χ2v) is 4.30. The number of hydrogen-bond acceptors (Lipinski definition) is 2. The summed E-state index contributed by atoms with van der Waals surface area (Å²) in [6.07, 6.45) is 1.56. The molecule has 1 saturated carbocycles. The van der Waals surface area contributed by atoms with Crippen molar-refractivity contribution in [3.05, 3.63) is 29.8 Å². The lowest BCUT2D eigenvalue weighted by Gasteiger charge is -2.19. The number of hydrogen-bond donors (Lipinski definition) is 1. The Labute approximate surface area is 87.5 Å². The van der Waals surface area contributed by atoms with Crippen LogP contribution in [0.4, 0.5) is 5.69 Å². The van der Waals surface area contributed by atoms with Crippen molar-refractivity contribution in [2.45, 2.75) is 24.7 Å². The SMILES string of the molecule is O=C1CCC2(C1)C(=O)Nc1ccccc12. The van der Waals surface area contributed by atoms with Crippen molar-refractivity contribution in [1.82, 2.24) is 0 Å². The third-order valence-corrected chi connectivity index (χ3v) is 3.46. The number of nitrogens with one attached hydrogen (secondary N) is 1. The molecule has 3 heteroatoms. The second kappa shape index (κ2) is 2.69. The Morgan fingerprint density at radius 3 is 2.73 bits per heavy atom. The van der Waals surface area contributed by atoms with Gasteiger partial charge in [0.1, 0.15) is 5.78 Å². The van der Waals surface area contributed by atoms with Crippen LogP contribution in [0.3, 0.4) is 0 Å². The van der Waals surface area contributed by atoms with Crippen LogP contribution >= 0.6 is 0 Å². The molecule has 1 atom stereocenters. The van der Waals surface area contributed by atoms with Crippen molar-refractivity contribution in [3.63, 3.8) is 0 Å². The van der Waals surface area contributed by atoms with Crippen molar-refractivity contribution < 1.29 is 9.59 Å². The van der Waals surface area contributed by atoms with E-state index in [1.54, 1.807) is 0 Å². The fourth-order valence-corrected chi connectivity index (χ4v) is 2.66. The summed E-state index contributed by atoms with van der Waals surface area (Å²) in [6, 6.07) is 7.66. The highest BCUT2D eigenvalue weighted by Gasteiger charge is 2.50. The molecule has 1 aliphatic heterocycles. The van der Waals surface area contributed by atoms with Crippen LogP contribution in [0.15, 0.2) is 24.3 Å². The minimum absolute atomic E-state index is 0.00505. The summed E-state index contributed by atoms with van der Waals surface area (Å²) >= 11 is 0. The van der Waals surface area contributed by atoms with E-state index in [0.29, 0.717) is 19.3 Å². The van der Waals surface area contributed by atoms with E-state index in [4.69, 9.17) is 0 Å². The molecule has 1 amide bonds. The Balaban J connectivity index is 2.17. The number of amides is 1. The summed E-state index contributed by atoms with van der Waals surface area (Å²) in [4.78, 5) is 23.3. The molecule has 1 fully saturated rings. The van der Waals surface area contributed by atoms with Gasteiger partial charge in [-0.3, -0.25) is 9.59 Å². The van der Waals surface area contributed by atoms with Crippen molar-refractivity contribution >= 4 is 17.4 Å². The molecule has 2 aliphatic rings. The molecule has 1 aliphatic carbocycles. The van der Waals surface area contributed by atoms with Gasteiger partial charge in [-0.1, -0.05) is 18.2 Å². The third kappa shape index (κ3) is 1.00. The van der Waals surface area contributed by atoms with Gasteiger partial charge in [0.2, 0.25) is 5.91 Å². The fourth-order valence-electron chi connectivity index (χ4n) is 2.66. The molecule has 76 valence electrons. The number of ketones is 1. The van der Waals surface area contributed by atoms with Gasteiger partial charge in [-0.05, 0) is 18.1 Å². The smallest absolute Gasteiger partial charge is 0.235 e. The van der Waals surface area contributed by atoms with Gasteiger partial charge in [0, 0.05) is 18.5 Å². The van der Waals surface area contributed by atoms with Gasteiger partial charge in [0.25, 0.3) is 0 Å². The van der Waals surface area contributed by atoms with Crippen LogP contribution in [0.5, 0.6) is 0 Å². The summed E-state index contributed by atoms with van der Waals surface area (Å²) < 4.78 is 0. The van der Waals surface area contributed by atoms with E-state index in [2.05, 4.69) is 5.32 Å². The number of carbonyl (C=O) groups is 2.